The van der Waals surface area contributed by atoms with Crippen LogP contribution < -0.4 is 0 Å². The molecule has 1 saturated carbocycles. The van der Waals surface area contributed by atoms with E-state index in [1.807, 2.05) is 37.3 Å². The van der Waals surface area contributed by atoms with Crippen LogP contribution in [0.4, 0.5) is 0 Å². The van der Waals surface area contributed by atoms with Gasteiger partial charge in [0.05, 0.1) is 0 Å². The van der Waals surface area contributed by atoms with E-state index in [-0.39, 0.29) is 30.8 Å². The average Bonchev–Trinajstić information content (AvgIpc) is 2.70. The van der Waals surface area contributed by atoms with E-state index in [0.717, 1.165) is 18.4 Å². The first-order valence-corrected chi connectivity index (χ1v) is 7.41. The first-order chi connectivity index (χ1) is 9.61. The summed E-state index contributed by atoms with van der Waals surface area (Å²) in [6.45, 7) is 2.18. The Morgan fingerprint density at radius 3 is 2.55 bits per heavy atom. The number of Topliss-reactive ketones (excluding diaryl/α,β-unsaturated/α-hetero) is 1. The number of hydrogen-bond donors (Lipinski definition) is 2. The maximum atomic E-state index is 12.7. The Balaban J connectivity index is 2.16. The number of hydrogen-bond acceptors (Lipinski definition) is 3. The molecule has 1 unspecified atom stereocenters. The van der Waals surface area contributed by atoms with Crippen molar-refractivity contribution in [3.8, 4) is 0 Å². The summed E-state index contributed by atoms with van der Waals surface area (Å²) in [7, 11) is 0. The second-order valence-corrected chi connectivity index (χ2v) is 6.12. The van der Waals surface area contributed by atoms with E-state index >= 15 is 0 Å². The van der Waals surface area contributed by atoms with Crippen LogP contribution in [-0.4, -0.2) is 29.2 Å². The summed E-state index contributed by atoms with van der Waals surface area (Å²) in [4.78, 5) is 12.7. The third kappa shape index (κ3) is 2.94. The molecule has 1 aliphatic rings. The van der Waals surface area contributed by atoms with Crippen LogP contribution in [0.3, 0.4) is 0 Å². The van der Waals surface area contributed by atoms with Crippen molar-refractivity contribution in [3.05, 3.63) is 35.9 Å². The van der Waals surface area contributed by atoms with Crippen molar-refractivity contribution in [1.29, 1.82) is 0 Å². The van der Waals surface area contributed by atoms with Gasteiger partial charge in [-0.25, -0.2) is 0 Å². The molecule has 0 amide bonds. The van der Waals surface area contributed by atoms with Crippen molar-refractivity contribution in [1.82, 2.24) is 0 Å². The van der Waals surface area contributed by atoms with Crippen molar-refractivity contribution in [3.63, 3.8) is 0 Å². The van der Waals surface area contributed by atoms with Gasteiger partial charge in [-0.3, -0.25) is 4.79 Å². The van der Waals surface area contributed by atoms with Crippen LogP contribution in [0.15, 0.2) is 30.3 Å². The van der Waals surface area contributed by atoms with Crippen molar-refractivity contribution in [2.24, 2.45) is 17.3 Å². The first-order valence-electron chi connectivity index (χ1n) is 7.41. The van der Waals surface area contributed by atoms with Crippen LogP contribution in [-0.2, 0) is 11.2 Å². The first kappa shape index (κ1) is 15.2. The van der Waals surface area contributed by atoms with Gasteiger partial charge in [0.1, 0.15) is 5.78 Å². The molecule has 0 aliphatic heterocycles. The molecule has 0 saturated heterocycles. The Hall–Kier alpha value is -1.19. The normalized spacial score (nSPS) is 29.9. The Kier molecular flexibility index (Phi) is 4.95. The monoisotopic (exact) mass is 276 g/mol. The van der Waals surface area contributed by atoms with E-state index < -0.39 is 5.41 Å². The van der Waals surface area contributed by atoms with Gasteiger partial charge >= 0.3 is 0 Å². The highest BCUT2D eigenvalue weighted by atomic mass is 16.3. The molecule has 2 rings (SSSR count). The highest BCUT2D eigenvalue weighted by Gasteiger charge is 2.50. The van der Waals surface area contributed by atoms with E-state index in [1.54, 1.807) is 0 Å². The Morgan fingerprint density at radius 2 is 1.95 bits per heavy atom. The van der Waals surface area contributed by atoms with Gasteiger partial charge in [0.25, 0.3) is 0 Å². The van der Waals surface area contributed by atoms with E-state index in [1.165, 1.54) is 0 Å². The summed E-state index contributed by atoms with van der Waals surface area (Å²) in [5.74, 6) is 0.278. The largest absolute Gasteiger partial charge is 0.396 e. The molecule has 0 radical (unpaired) electrons. The van der Waals surface area contributed by atoms with Crippen LogP contribution in [0, 0.1) is 17.3 Å². The molecule has 0 bridgehead atoms. The summed E-state index contributed by atoms with van der Waals surface area (Å²) < 4.78 is 0. The SMILES string of the molecule is C[C@]1(Cc2ccccc2)C(=O)C(CCCO)C[C@@H]1CO. The van der Waals surface area contributed by atoms with Gasteiger partial charge in [0.2, 0.25) is 0 Å². The van der Waals surface area contributed by atoms with E-state index in [2.05, 4.69) is 0 Å². The smallest absolute Gasteiger partial charge is 0.142 e. The van der Waals surface area contributed by atoms with Crippen LogP contribution in [0.25, 0.3) is 0 Å². The molecular formula is C17H24O3. The van der Waals surface area contributed by atoms with Gasteiger partial charge in [0, 0.05) is 24.5 Å². The van der Waals surface area contributed by atoms with Gasteiger partial charge in [-0.2, -0.15) is 0 Å². The minimum absolute atomic E-state index is 0.00647. The number of benzene rings is 1. The highest BCUT2D eigenvalue weighted by molar-refractivity contribution is 5.89. The fourth-order valence-electron chi connectivity index (χ4n) is 3.49. The highest BCUT2D eigenvalue weighted by Crippen LogP contribution is 2.46. The quantitative estimate of drug-likeness (QED) is 0.837. The molecule has 1 aromatic rings. The summed E-state index contributed by atoms with van der Waals surface area (Å²) in [6.07, 6.45) is 2.83. The number of carbonyl (C=O) groups is 1. The Bertz CT molecular complexity index is 443. The zero-order valence-electron chi connectivity index (χ0n) is 12.1. The van der Waals surface area contributed by atoms with Gasteiger partial charge in [-0.1, -0.05) is 37.3 Å². The average molecular weight is 276 g/mol. The number of ketones is 1. The summed E-state index contributed by atoms with van der Waals surface area (Å²) >= 11 is 0. The lowest BCUT2D eigenvalue weighted by Gasteiger charge is -2.29. The van der Waals surface area contributed by atoms with Crippen molar-refractivity contribution < 1.29 is 15.0 Å². The number of rotatable bonds is 6. The summed E-state index contributed by atoms with van der Waals surface area (Å²) in [5.41, 5.74) is 0.667. The minimum atomic E-state index is -0.476. The van der Waals surface area contributed by atoms with E-state index in [4.69, 9.17) is 5.11 Å². The molecule has 1 aromatic carbocycles. The van der Waals surface area contributed by atoms with Crippen molar-refractivity contribution >= 4 is 5.78 Å². The topological polar surface area (TPSA) is 57.5 Å². The van der Waals surface area contributed by atoms with Crippen LogP contribution in [0.2, 0.25) is 0 Å². The third-order valence-electron chi connectivity index (χ3n) is 4.75. The maximum absolute atomic E-state index is 12.7. The van der Waals surface area contributed by atoms with E-state index in [9.17, 15) is 9.90 Å². The van der Waals surface area contributed by atoms with Gasteiger partial charge in [-0.05, 0) is 37.2 Å². The predicted octanol–water partition coefficient (Wildman–Crippen LogP) is 2.21. The molecule has 3 heteroatoms. The molecule has 2 N–H and O–H groups in total. The van der Waals surface area contributed by atoms with Crippen molar-refractivity contribution in [2.75, 3.05) is 13.2 Å². The summed E-state index contributed by atoms with van der Waals surface area (Å²) in [6, 6.07) is 10.0. The molecule has 0 aromatic heterocycles. The van der Waals surface area contributed by atoms with Crippen molar-refractivity contribution in [2.45, 2.75) is 32.6 Å². The standard InChI is InChI=1S/C17H24O3/c1-17(11-13-6-3-2-4-7-13)15(12-19)10-14(16(17)20)8-5-9-18/h2-4,6-7,14-15,18-19H,5,8-12H2,1H3/t14?,15-,17-/m1/s1. The summed E-state index contributed by atoms with van der Waals surface area (Å²) in [5, 5.41) is 18.6. The molecule has 3 atom stereocenters. The van der Waals surface area contributed by atoms with Gasteiger partial charge in [-0.15, -0.1) is 0 Å². The molecule has 0 spiro atoms. The zero-order chi connectivity index (χ0) is 14.6. The predicted molar refractivity (Wildman–Crippen MR) is 78.3 cm³/mol. The van der Waals surface area contributed by atoms with Crippen LogP contribution in [0.5, 0.6) is 0 Å². The van der Waals surface area contributed by atoms with Crippen LogP contribution >= 0.6 is 0 Å². The second-order valence-electron chi connectivity index (χ2n) is 6.12. The molecule has 20 heavy (non-hydrogen) atoms. The molecule has 0 heterocycles. The second kappa shape index (κ2) is 6.51. The Labute approximate surface area is 120 Å². The molecule has 1 fully saturated rings. The zero-order valence-corrected chi connectivity index (χ0v) is 12.1. The number of carbonyl (C=O) groups excluding carboxylic acids is 1. The lowest BCUT2D eigenvalue weighted by atomic mass is 9.74. The third-order valence-corrected chi connectivity index (χ3v) is 4.75. The molecule has 3 nitrogen and oxygen atoms in total. The number of aliphatic hydroxyl groups excluding tert-OH is 2. The van der Waals surface area contributed by atoms with E-state index in [0.29, 0.717) is 12.8 Å². The fraction of sp³-hybridized carbons (Fsp3) is 0.588. The molecule has 110 valence electrons. The molecular weight excluding hydrogens is 252 g/mol. The minimum Gasteiger partial charge on any atom is -0.396 e. The number of aliphatic hydroxyl groups is 2. The van der Waals surface area contributed by atoms with Gasteiger partial charge < -0.3 is 10.2 Å². The lowest BCUT2D eigenvalue weighted by Crippen LogP contribution is -2.34. The molecule has 1 aliphatic carbocycles. The fourth-order valence-corrected chi connectivity index (χ4v) is 3.49. The van der Waals surface area contributed by atoms with Crippen LogP contribution in [0.1, 0.15) is 31.7 Å². The maximum Gasteiger partial charge on any atom is 0.142 e. The van der Waals surface area contributed by atoms with Gasteiger partial charge in [0.15, 0.2) is 0 Å². The Morgan fingerprint density at radius 1 is 1.25 bits per heavy atom. The lowest BCUT2D eigenvalue weighted by molar-refractivity contribution is -0.129.